The molecule has 1 aromatic rings. The van der Waals surface area contributed by atoms with E-state index in [0.717, 1.165) is 5.56 Å². The summed E-state index contributed by atoms with van der Waals surface area (Å²) in [5.74, 6) is 1.34. The number of ether oxygens (including phenoxy) is 2. The third-order valence-electron chi connectivity index (χ3n) is 2.03. The third-order valence-corrected chi connectivity index (χ3v) is 2.33. The van der Waals surface area contributed by atoms with Gasteiger partial charge in [-0.15, -0.1) is 11.6 Å². The molecule has 0 heterocycles. The average Bonchev–Trinajstić information content (AvgIpc) is 2.29. The molecule has 0 atom stereocenters. The van der Waals surface area contributed by atoms with Crippen molar-refractivity contribution < 1.29 is 14.3 Å². The number of ketones is 1. The molecule has 1 rings (SSSR count). The zero-order valence-electron chi connectivity index (χ0n) is 8.75. The van der Waals surface area contributed by atoms with E-state index >= 15 is 0 Å². The molecule has 0 aliphatic rings. The molecular formula is C11H13ClO3. The van der Waals surface area contributed by atoms with Crippen molar-refractivity contribution in [2.45, 2.75) is 6.42 Å². The van der Waals surface area contributed by atoms with Gasteiger partial charge in [-0.25, -0.2) is 0 Å². The van der Waals surface area contributed by atoms with Crippen LogP contribution in [0.3, 0.4) is 0 Å². The van der Waals surface area contributed by atoms with E-state index < -0.39 is 0 Å². The second-order valence-electron chi connectivity index (χ2n) is 3.03. The Hall–Kier alpha value is -1.22. The molecule has 3 nitrogen and oxygen atoms in total. The Morgan fingerprint density at radius 3 is 2.60 bits per heavy atom. The van der Waals surface area contributed by atoms with Crippen LogP contribution in [0.25, 0.3) is 0 Å². The van der Waals surface area contributed by atoms with E-state index in [1.807, 2.05) is 6.07 Å². The van der Waals surface area contributed by atoms with Gasteiger partial charge in [0.05, 0.1) is 20.1 Å². The van der Waals surface area contributed by atoms with Crippen LogP contribution in [0, 0.1) is 0 Å². The van der Waals surface area contributed by atoms with Crippen LogP contribution in [0.2, 0.25) is 0 Å². The summed E-state index contributed by atoms with van der Waals surface area (Å²) in [7, 11) is 3.14. The van der Waals surface area contributed by atoms with Crippen LogP contribution in [-0.4, -0.2) is 25.9 Å². The van der Waals surface area contributed by atoms with Gasteiger partial charge in [-0.1, -0.05) is 6.07 Å². The van der Waals surface area contributed by atoms with E-state index in [2.05, 4.69) is 0 Å². The van der Waals surface area contributed by atoms with Crippen LogP contribution < -0.4 is 9.47 Å². The minimum Gasteiger partial charge on any atom is -0.497 e. The summed E-state index contributed by atoms with van der Waals surface area (Å²) in [5.41, 5.74) is 0.823. The topological polar surface area (TPSA) is 35.5 Å². The van der Waals surface area contributed by atoms with E-state index in [1.165, 1.54) is 0 Å². The fourth-order valence-corrected chi connectivity index (χ4v) is 1.35. The van der Waals surface area contributed by atoms with Crippen LogP contribution in [0.15, 0.2) is 18.2 Å². The monoisotopic (exact) mass is 228 g/mol. The molecule has 4 heteroatoms. The van der Waals surface area contributed by atoms with Crippen LogP contribution >= 0.6 is 11.6 Å². The molecule has 0 spiro atoms. The number of benzene rings is 1. The zero-order valence-corrected chi connectivity index (χ0v) is 9.50. The van der Waals surface area contributed by atoms with Crippen LogP contribution in [0.5, 0.6) is 11.5 Å². The van der Waals surface area contributed by atoms with Crippen molar-refractivity contribution in [2.75, 3.05) is 20.1 Å². The molecule has 0 aromatic heterocycles. The summed E-state index contributed by atoms with van der Waals surface area (Å²) in [5, 5.41) is 0. The number of methoxy groups -OCH3 is 2. The first-order valence-corrected chi connectivity index (χ1v) is 5.03. The molecule has 0 saturated heterocycles. The molecular weight excluding hydrogens is 216 g/mol. The lowest BCUT2D eigenvalue weighted by molar-refractivity contribution is -0.116. The number of carbonyl (C=O) groups excluding carboxylic acids is 1. The summed E-state index contributed by atoms with van der Waals surface area (Å²) in [4.78, 5) is 11.2. The quantitative estimate of drug-likeness (QED) is 0.724. The lowest BCUT2D eigenvalue weighted by Gasteiger charge is -2.09. The maximum Gasteiger partial charge on any atom is 0.152 e. The Balaban J connectivity index is 2.92. The highest BCUT2D eigenvalue weighted by Crippen LogP contribution is 2.25. The highest BCUT2D eigenvalue weighted by molar-refractivity contribution is 6.27. The number of halogens is 1. The number of carbonyl (C=O) groups is 1. The van der Waals surface area contributed by atoms with Gasteiger partial charge in [0.1, 0.15) is 11.5 Å². The van der Waals surface area contributed by atoms with Gasteiger partial charge in [0.15, 0.2) is 5.78 Å². The highest BCUT2D eigenvalue weighted by Gasteiger charge is 2.08. The van der Waals surface area contributed by atoms with Gasteiger partial charge in [0, 0.05) is 18.1 Å². The Bertz CT molecular complexity index is 350. The van der Waals surface area contributed by atoms with E-state index in [1.54, 1.807) is 26.4 Å². The number of hydrogen-bond acceptors (Lipinski definition) is 3. The van der Waals surface area contributed by atoms with Crippen molar-refractivity contribution in [3.63, 3.8) is 0 Å². The first-order valence-electron chi connectivity index (χ1n) is 4.49. The van der Waals surface area contributed by atoms with Gasteiger partial charge >= 0.3 is 0 Å². The minimum atomic E-state index is -0.0277. The SMILES string of the molecule is COc1ccc(CC(=O)CCl)c(OC)c1. The summed E-state index contributed by atoms with van der Waals surface area (Å²) in [6.07, 6.45) is 0.288. The van der Waals surface area contributed by atoms with E-state index in [0.29, 0.717) is 11.5 Å². The first-order chi connectivity index (χ1) is 7.21. The molecule has 0 fully saturated rings. The second-order valence-corrected chi connectivity index (χ2v) is 3.29. The Kier molecular flexibility index (Phi) is 4.43. The number of hydrogen-bond donors (Lipinski definition) is 0. The normalized spacial score (nSPS) is 9.80. The van der Waals surface area contributed by atoms with Crippen molar-refractivity contribution >= 4 is 17.4 Å². The Morgan fingerprint density at radius 1 is 1.33 bits per heavy atom. The molecule has 0 radical (unpaired) electrons. The van der Waals surface area contributed by atoms with Crippen LogP contribution in [0.4, 0.5) is 0 Å². The van der Waals surface area contributed by atoms with Gasteiger partial charge in [0.2, 0.25) is 0 Å². The van der Waals surface area contributed by atoms with Crippen molar-refractivity contribution in [1.82, 2.24) is 0 Å². The van der Waals surface area contributed by atoms with Crippen molar-refractivity contribution in [1.29, 1.82) is 0 Å². The lowest BCUT2D eigenvalue weighted by Crippen LogP contribution is -2.05. The van der Waals surface area contributed by atoms with E-state index in [4.69, 9.17) is 21.1 Å². The lowest BCUT2D eigenvalue weighted by atomic mass is 10.1. The van der Waals surface area contributed by atoms with Gasteiger partial charge in [0.25, 0.3) is 0 Å². The molecule has 0 aliphatic carbocycles. The van der Waals surface area contributed by atoms with E-state index in [-0.39, 0.29) is 18.1 Å². The highest BCUT2D eigenvalue weighted by atomic mass is 35.5. The summed E-state index contributed by atoms with van der Waals surface area (Å²) < 4.78 is 10.2. The standard InChI is InChI=1S/C11H13ClO3/c1-14-10-4-3-8(5-9(13)7-12)11(6-10)15-2/h3-4,6H,5,7H2,1-2H3. The second kappa shape index (κ2) is 5.61. The molecule has 15 heavy (non-hydrogen) atoms. The fraction of sp³-hybridized carbons (Fsp3) is 0.364. The maximum absolute atomic E-state index is 11.2. The summed E-state index contributed by atoms with van der Waals surface area (Å²) in [6, 6.07) is 5.35. The third kappa shape index (κ3) is 3.13. The molecule has 0 aliphatic heterocycles. The molecule has 0 unspecified atom stereocenters. The Morgan fingerprint density at radius 2 is 2.07 bits per heavy atom. The Labute approximate surface area is 93.9 Å². The molecule has 82 valence electrons. The fourth-order valence-electron chi connectivity index (χ4n) is 1.26. The molecule has 0 saturated carbocycles. The number of rotatable bonds is 5. The van der Waals surface area contributed by atoms with Crippen molar-refractivity contribution in [2.24, 2.45) is 0 Å². The zero-order chi connectivity index (χ0) is 11.3. The van der Waals surface area contributed by atoms with Gasteiger partial charge in [-0.2, -0.15) is 0 Å². The van der Waals surface area contributed by atoms with Crippen molar-refractivity contribution in [3.05, 3.63) is 23.8 Å². The predicted molar refractivity (Wildman–Crippen MR) is 59.0 cm³/mol. The smallest absolute Gasteiger partial charge is 0.152 e. The van der Waals surface area contributed by atoms with Gasteiger partial charge in [-0.3, -0.25) is 4.79 Å². The largest absolute Gasteiger partial charge is 0.497 e. The van der Waals surface area contributed by atoms with Gasteiger partial charge in [-0.05, 0) is 6.07 Å². The number of alkyl halides is 1. The maximum atomic E-state index is 11.2. The van der Waals surface area contributed by atoms with E-state index in [9.17, 15) is 4.79 Å². The predicted octanol–water partition coefficient (Wildman–Crippen LogP) is 2.05. The summed E-state index contributed by atoms with van der Waals surface area (Å²) >= 11 is 5.44. The van der Waals surface area contributed by atoms with Crippen LogP contribution in [-0.2, 0) is 11.2 Å². The van der Waals surface area contributed by atoms with Gasteiger partial charge < -0.3 is 9.47 Å². The van der Waals surface area contributed by atoms with Crippen LogP contribution in [0.1, 0.15) is 5.56 Å². The molecule has 0 N–H and O–H groups in total. The summed E-state index contributed by atoms with van der Waals surface area (Å²) in [6.45, 7) is 0. The molecule has 0 amide bonds. The first kappa shape index (κ1) is 11.9. The van der Waals surface area contributed by atoms with Crippen molar-refractivity contribution in [3.8, 4) is 11.5 Å². The number of Topliss-reactive ketones (excluding diaryl/α,β-unsaturated/α-hetero) is 1. The molecule has 0 bridgehead atoms. The molecule has 1 aromatic carbocycles. The minimum absolute atomic E-state index is 0.0230. The average molecular weight is 229 g/mol.